The SMILES string of the molecule is CC(C)n1c(CCNC(=O)Cc2ccccc2[N+](=O)[O-])nc2ccccc21. The summed E-state index contributed by atoms with van der Waals surface area (Å²) in [5.74, 6) is 0.675. The summed E-state index contributed by atoms with van der Waals surface area (Å²) in [6, 6.07) is 14.5. The molecular weight excluding hydrogens is 344 g/mol. The van der Waals surface area contributed by atoms with Crippen LogP contribution in [-0.2, 0) is 17.6 Å². The van der Waals surface area contributed by atoms with Crippen LogP contribution in [0.3, 0.4) is 0 Å². The standard InChI is InChI=1S/C20H22N4O3/c1-14(2)23-18-10-6-4-8-16(18)22-19(23)11-12-21-20(25)13-15-7-3-5-9-17(15)24(26)27/h3-10,14H,11-13H2,1-2H3,(H,21,25). The third kappa shape index (κ3) is 4.13. The van der Waals surface area contributed by atoms with Crippen molar-refractivity contribution in [2.45, 2.75) is 32.7 Å². The summed E-state index contributed by atoms with van der Waals surface area (Å²) in [4.78, 5) is 27.5. The largest absolute Gasteiger partial charge is 0.355 e. The molecule has 0 saturated heterocycles. The van der Waals surface area contributed by atoms with Crippen molar-refractivity contribution in [3.05, 3.63) is 70.0 Å². The van der Waals surface area contributed by atoms with Gasteiger partial charge in [-0.25, -0.2) is 4.98 Å². The summed E-state index contributed by atoms with van der Waals surface area (Å²) in [6.45, 7) is 4.63. The van der Waals surface area contributed by atoms with E-state index >= 15 is 0 Å². The second-order valence-electron chi connectivity index (χ2n) is 6.64. The number of nitro benzene ring substituents is 1. The van der Waals surface area contributed by atoms with Gasteiger partial charge in [0.2, 0.25) is 5.91 Å². The van der Waals surface area contributed by atoms with E-state index in [0.29, 0.717) is 18.5 Å². The average molecular weight is 366 g/mol. The van der Waals surface area contributed by atoms with Gasteiger partial charge in [0.1, 0.15) is 5.82 Å². The van der Waals surface area contributed by atoms with Gasteiger partial charge in [0, 0.05) is 30.6 Å². The number of nitrogens with zero attached hydrogens (tertiary/aromatic N) is 3. The minimum absolute atomic E-state index is 0.0161. The molecule has 0 bridgehead atoms. The van der Waals surface area contributed by atoms with Crippen LogP contribution in [0.25, 0.3) is 11.0 Å². The first kappa shape index (κ1) is 18.6. The lowest BCUT2D eigenvalue weighted by Crippen LogP contribution is -2.28. The number of carbonyl (C=O) groups excluding carboxylic acids is 1. The van der Waals surface area contributed by atoms with Crippen LogP contribution in [0.15, 0.2) is 48.5 Å². The third-order valence-corrected chi connectivity index (χ3v) is 4.40. The fourth-order valence-electron chi connectivity index (χ4n) is 3.23. The van der Waals surface area contributed by atoms with Crippen LogP contribution < -0.4 is 5.32 Å². The molecule has 1 amide bonds. The van der Waals surface area contributed by atoms with E-state index in [0.717, 1.165) is 16.9 Å². The molecule has 1 N–H and O–H groups in total. The molecule has 1 aromatic heterocycles. The highest BCUT2D eigenvalue weighted by molar-refractivity contribution is 5.80. The van der Waals surface area contributed by atoms with Crippen molar-refractivity contribution in [3.63, 3.8) is 0 Å². The molecule has 0 unspecified atom stereocenters. The molecule has 140 valence electrons. The molecule has 0 fully saturated rings. The molecule has 27 heavy (non-hydrogen) atoms. The molecule has 0 atom stereocenters. The Morgan fingerprint density at radius 2 is 1.89 bits per heavy atom. The molecule has 0 radical (unpaired) electrons. The van der Waals surface area contributed by atoms with E-state index in [9.17, 15) is 14.9 Å². The maximum absolute atomic E-state index is 12.2. The Kier molecular flexibility index (Phi) is 5.49. The molecule has 0 spiro atoms. The normalized spacial score (nSPS) is 11.1. The Morgan fingerprint density at radius 1 is 1.19 bits per heavy atom. The molecular formula is C20H22N4O3. The van der Waals surface area contributed by atoms with Crippen molar-refractivity contribution in [3.8, 4) is 0 Å². The van der Waals surface area contributed by atoms with Gasteiger partial charge in [0.05, 0.1) is 22.4 Å². The molecule has 3 rings (SSSR count). The van der Waals surface area contributed by atoms with Crippen molar-refractivity contribution >= 4 is 22.6 Å². The fourth-order valence-corrected chi connectivity index (χ4v) is 3.23. The number of nitrogens with one attached hydrogen (secondary N) is 1. The molecule has 0 aliphatic heterocycles. The molecule has 7 heteroatoms. The van der Waals surface area contributed by atoms with E-state index in [-0.39, 0.29) is 24.1 Å². The Labute approximate surface area is 157 Å². The van der Waals surface area contributed by atoms with Crippen molar-refractivity contribution < 1.29 is 9.72 Å². The average Bonchev–Trinajstić information content (AvgIpc) is 3.00. The number of rotatable bonds is 7. The lowest BCUT2D eigenvalue weighted by Gasteiger charge is -2.13. The van der Waals surface area contributed by atoms with Crippen LogP contribution in [0, 0.1) is 10.1 Å². The zero-order valence-electron chi connectivity index (χ0n) is 15.4. The van der Waals surface area contributed by atoms with Crippen molar-refractivity contribution in [2.24, 2.45) is 0 Å². The quantitative estimate of drug-likeness (QED) is 0.512. The smallest absolute Gasteiger partial charge is 0.273 e. The van der Waals surface area contributed by atoms with Crippen LogP contribution in [0.2, 0.25) is 0 Å². The number of benzene rings is 2. The number of hydrogen-bond acceptors (Lipinski definition) is 4. The van der Waals surface area contributed by atoms with Gasteiger partial charge in [-0.2, -0.15) is 0 Å². The first-order valence-corrected chi connectivity index (χ1v) is 8.92. The van der Waals surface area contributed by atoms with Crippen molar-refractivity contribution in [1.29, 1.82) is 0 Å². The van der Waals surface area contributed by atoms with Crippen molar-refractivity contribution in [1.82, 2.24) is 14.9 Å². The highest BCUT2D eigenvalue weighted by Gasteiger charge is 2.16. The number of amides is 1. The second kappa shape index (κ2) is 7.99. The number of carbonyl (C=O) groups is 1. The lowest BCUT2D eigenvalue weighted by molar-refractivity contribution is -0.385. The molecule has 0 saturated carbocycles. The van der Waals surface area contributed by atoms with E-state index < -0.39 is 4.92 Å². The van der Waals surface area contributed by atoms with Crippen LogP contribution in [0.5, 0.6) is 0 Å². The van der Waals surface area contributed by atoms with Gasteiger partial charge >= 0.3 is 0 Å². The summed E-state index contributed by atoms with van der Waals surface area (Å²) in [5.41, 5.74) is 2.39. The summed E-state index contributed by atoms with van der Waals surface area (Å²) in [6.07, 6.45) is 0.577. The predicted molar refractivity (Wildman–Crippen MR) is 104 cm³/mol. The Hall–Kier alpha value is -3.22. The second-order valence-corrected chi connectivity index (χ2v) is 6.64. The van der Waals surface area contributed by atoms with Gasteiger partial charge in [0.25, 0.3) is 5.69 Å². The highest BCUT2D eigenvalue weighted by Crippen LogP contribution is 2.21. The number of imidazole rings is 1. The van der Waals surface area contributed by atoms with Crippen molar-refractivity contribution in [2.75, 3.05) is 6.54 Å². The number of para-hydroxylation sites is 3. The number of aromatic nitrogens is 2. The zero-order chi connectivity index (χ0) is 19.4. The molecule has 2 aromatic carbocycles. The molecule has 0 aliphatic carbocycles. The molecule has 3 aromatic rings. The lowest BCUT2D eigenvalue weighted by atomic mass is 10.1. The van der Waals surface area contributed by atoms with Crippen LogP contribution >= 0.6 is 0 Å². The van der Waals surface area contributed by atoms with E-state index in [2.05, 4.69) is 28.7 Å². The summed E-state index contributed by atoms with van der Waals surface area (Å²) in [7, 11) is 0. The monoisotopic (exact) mass is 366 g/mol. The minimum atomic E-state index is -0.465. The van der Waals surface area contributed by atoms with Gasteiger partial charge < -0.3 is 9.88 Å². The van der Waals surface area contributed by atoms with Crippen LogP contribution in [0.4, 0.5) is 5.69 Å². The molecule has 7 nitrogen and oxygen atoms in total. The Balaban J connectivity index is 1.65. The van der Waals surface area contributed by atoms with Gasteiger partial charge in [-0.1, -0.05) is 30.3 Å². The first-order valence-electron chi connectivity index (χ1n) is 8.92. The van der Waals surface area contributed by atoms with Crippen LogP contribution in [0.1, 0.15) is 31.3 Å². The van der Waals surface area contributed by atoms with Crippen LogP contribution in [-0.4, -0.2) is 26.9 Å². The van der Waals surface area contributed by atoms with E-state index in [1.807, 2.05) is 24.3 Å². The van der Waals surface area contributed by atoms with Gasteiger partial charge in [-0.05, 0) is 26.0 Å². The first-order chi connectivity index (χ1) is 13.0. The topological polar surface area (TPSA) is 90.1 Å². The summed E-state index contributed by atoms with van der Waals surface area (Å²) < 4.78 is 2.17. The van der Waals surface area contributed by atoms with Gasteiger partial charge in [-0.15, -0.1) is 0 Å². The highest BCUT2D eigenvalue weighted by atomic mass is 16.6. The number of hydrogen-bond donors (Lipinski definition) is 1. The number of nitro groups is 1. The van der Waals surface area contributed by atoms with Gasteiger partial charge in [-0.3, -0.25) is 14.9 Å². The summed E-state index contributed by atoms with van der Waals surface area (Å²) >= 11 is 0. The minimum Gasteiger partial charge on any atom is -0.355 e. The Morgan fingerprint density at radius 3 is 2.63 bits per heavy atom. The summed E-state index contributed by atoms with van der Waals surface area (Å²) in [5, 5.41) is 13.9. The zero-order valence-corrected chi connectivity index (χ0v) is 15.4. The number of fused-ring (bicyclic) bond motifs is 1. The fraction of sp³-hybridized carbons (Fsp3) is 0.300. The van der Waals surface area contributed by atoms with E-state index in [1.54, 1.807) is 18.2 Å². The third-order valence-electron chi connectivity index (χ3n) is 4.40. The maximum atomic E-state index is 12.2. The molecule has 1 heterocycles. The molecule has 0 aliphatic rings. The van der Waals surface area contributed by atoms with E-state index in [1.165, 1.54) is 6.07 Å². The maximum Gasteiger partial charge on any atom is 0.273 e. The Bertz CT molecular complexity index is 978. The van der Waals surface area contributed by atoms with E-state index in [4.69, 9.17) is 0 Å². The predicted octanol–water partition coefficient (Wildman–Crippen LogP) is 3.43. The van der Waals surface area contributed by atoms with Gasteiger partial charge in [0.15, 0.2) is 0 Å².